The van der Waals surface area contributed by atoms with Crippen molar-refractivity contribution >= 4 is 6.29 Å². The van der Waals surface area contributed by atoms with E-state index in [-0.39, 0.29) is 0 Å². The Balaban J connectivity index is 2.82. The second-order valence-corrected chi connectivity index (χ2v) is 6.39. The maximum absolute atomic E-state index is 11.0. The standard InChI is InChI=1S/C20H30O/c1-16-7-5-9-17(2)11-13-20(19(4)15-21)14-12-18(3)10-6-8-16/h7,10-11,15,20H,4-6,8-9,12-14H2,1-3H3. The van der Waals surface area contributed by atoms with E-state index in [0.29, 0.717) is 5.92 Å². The minimum atomic E-state index is 0.293. The zero-order valence-corrected chi connectivity index (χ0v) is 14.0. The van der Waals surface area contributed by atoms with Crippen molar-refractivity contribution < 1.29 is 4.79 Å². The number of hydrogen-bond acceptors (Lipinski definition) is 1. The first-order valence-corrected chi connectivity index (χ1v) is 8.13. The molecule has 21 heavy (non-hydrogen) atoms. The highest BCUT2D eigenvalue weighted by Gasteiger charge is 2.11. The minimum Gasteiger partial charge on any atom is -0.298 e. The van der Waals surface area contributed by atoms with Crippen molar-refractivity contribution in [1.29, 1.82) is 0 Å². The lowest BCUT2D eigenvalue weighted by molar-refractivity contribution is -0.105. The summed E-state index contributed by atoms with van der Waals surface area (Å²) in [5.41, 5.74) is 5.10. The molecule has 1 heteroatoms. The molecule has 1 atom stereocenters. The fraction of sp³-hybridized carbons (Fsp3) is 0.550. The van der Waals surface area contributed by atoms with Gasteiger partial charge in [-0.3, -0.25) is 4.79 Å². The molecule has 0 saturated carbocycles. The van der Waals surface area contributed by atoms with E-state index in [1.165, 1.54) is 16.7 Å². The number of aldehydes is 1. The van der Waals surface area contributed by atoms with E-state index >= 15 is 0 Å². The summed E-state index contributed by atoms with van der Waals surface area (Å²) in [6, 6.07) is 0. The highest BCUT2D eigenvalue weighted by atomic mass is 16.1. The third kappa shape index (κ3) is 7.27. The van der Waals surface area contributed by atoms with Crippen LogP contribution < -0.4 is 0 Å². The molecule has 0 saturated heterocycles. The molecule has 0 amide bonds. The Morgan fingerprint density at radius 2 is 1.52 bits per heavy atom. The summed E-state index contributed by atoms with van der Waals surface area (Å²) in [5, 5.41) is 0. The lowest BCUT2D eigenvalue weighted by atomic mass is 9.89. The molecule has 0 bridgehead atoms. The van der Waals surface area contributed by atoms with Crippen LogP contribution in [0, 0.1) is 5.92 Å². The Labute approximate surface area is 130 Å². The Kier molecular flexibility index (Phi) is 8.04. The van der Waals surface area contributed by atoms with E-state index in [1.807, 2.05) is 0 Å². The van der Waals surface area contributed by atoms with Gasteiger partial charge in [-0.25, -0.2) is 0 Å². The molecule has 0 aromatic rings. The molecule has 0 fully saturated rings. The van der Waals surface area contributed by atoms with Crippen LogP contribution in [0.15, 0.2) is 47.1 Å². The molecule has 0 aliphatic heterocycles. The molecule has 0 aromatic heterocycles. The molecule has 1 aliphatic rings. The van der Waals surface area contributed by atoms with Gasteiger partial charge in [-0.2, -0.15) is 0 Å². The number of carbonyl (C=O) groups excluding carboxylic acids is 1. The number of rotatable bonds is 2. The monoisotopic (exact) mass is 286 g/mol. The predicted molar refractivity (Wildman–Crippen MR) is 92.3 cm³/mol. The van der Waals surface area contributed by atoms with Crippen LogP contribution in [0.4, 0.5) is 0 Å². The molecule has 0 aromatic carbocycles. The van der Waals surface area contributed by atoms with E-state index < -0.39 is 0 Å². The van der Waals surface area contributed by atoms with Crippen molar-refractivity contribution in [3.05, 3.63) is 47.1 Å². The third-order valence-electron chi connectivity index (χ3n) is 4.38. The molecule has 1 unspecified atom stereocenters. The van der Waals surface area contributed by atoms with E-state index in [2.05, 4.69) is 45.6 Å². The topological polar surface area (TPSA) is 17.1 Å². The Morgan fingerprint density at radius 3 is 2.10 bits per heavy atom. The predicted octanol–water partition coefficient (Wildman–Crippen LogP) is 5.94. The second kappa shape index (κ2) is 9.55. The van der Waals surface area contributed by atoms with E-state index in [4.69, 9.17) is 0 Å². The van der Waals surface area contributed by atoms with Gasteiger partial charge in [0.25, 0.3) is 0 Å². The quantitative estimate of drug-likeness (QED) is 0.349. The fourth-order valence-corrected chi connectivity index (χ4v) is 2.69. The van der Waals surface area contributed by atoms with E-state index in [0.717, 1.165) is 56.8 Å². The molecule has 0 heterocycles. The summed E-state index contributed by atoms with van der Waals surface area (Å²) in [6.45, 7) is 10.6. The fourth-order valence-electron chi connectivity index (χ4n) is 2.69. The summed E-state index contributed by atoms with van der Waals surface area (Å²) in [5.74, 6) is 0.293. The van der Waals surface area contributed by atoms with Crippen molar-refractivity contribution in [3.63, 3.8) is 0 Å². The molecule has 1 nitrogen and oxygen atoms in total. The molecule has 0 N–H and O–H groups in total. The van der Waals surface area contributed by atoms with Crippen molar-refractivity contribution in [2.24, 2.45) is 5.92 Å². The van der Waals surface area contributed by atoms with Gasteiger partial charge in [-0.1, -0.05) is 41.5 Å². The van der Waals surface area contributed by atoms with Gasteiger partial charge in [-0.05, 0) is 77.2 Å². The largest absolute Gasteiger partial charge is 0.298 e. The Morgan fingerprint density at radius 1 is 1.00 bits per heavy atom. The van der Waals surface area contributed by atoms with Crippen molar-refractivity contribution in [2.45, 2.75) is 65.7 Å². The maximum Gasteiger partial charge on any atom is 0.145 e. The van der Waals surface area contributed by atoms with Crippen LogP contribution in [-0.2, 0) is 4.79 Å². The summed E-state index contributed by atoms with van der Waals surface area (Å²) in [4.78, 5) is 11.0. The van der Waals surface area contributed by atoms with Gasteiger partial charge in [0.15, 0.2) is 0 Å². The maximum atomic E-state index is 11.0. The number of allylic oxidation sites excluding steroid dienone is 7. The second-order valence-electron chi connectivity index (χ2n) is 6.39. The van der Waals surface area contributed by atoms with Crippen LogP contribution >= 0.6 is 0 Å². The highest BCUT2D eigenvalue weighted by molar-refractivity contribution is 5.72. The van der Waals surface area contributed by atoms with Crippen LogP contribution in [-0.4, -0.2) is 6.29 Å². The number of hydrogen-bond donors (Lipinski definition) is 0. The molecular formula is C20H30O. The average Bonchev–Trinajstić information content (AvgIpc) is 2.45. The van der Waals surface area contributed by atoms with Gasteiger partial charge in [0.05, 0.1) is 0 Å². The molecule has 0 radical (unpaired) electrons. The lowest BCUT2D eigenvalue weighted by Crippen LogP contribution is -2.04. The smallest absolute Gasteiger partial charge is 0.145 e. The van der Waals surface area contributed by atoms with Crippen LogP contribution in [0.3, 0.4) is 0 Å². The average molecular weight is 286 g/mol. The van der Waals surface area contributed by atoms with Crippen molar-refractivity contribution in [2.75, 3.05) is 0 Å². The minimum absolute atomic E-state index is 0.293. The number of carbonyl (C=O) groups is 1. The zero-order chi connectivity index (χ0) is 15.7. The van der Waals surface area contributed by atoms with E-state index in [9.17, 15) is 4.79 Å². The summed E-state index contributed by atoms with van der Waals surface area (Å²) in [7, 11) is 0. The summed E-state index contributed by atoms with van der Waals surface area (Å²) in [6.07, 6.45) is 15.5. The first kappa shape index (κ1) is 17.7. The van der Waals surface area contributed by atoms with Gasteiger partial charge in [0.1, 0.15) is 6.29 Å². The first-order chi connectivity index (χ1) is 10.0. The van der Waals surface area contributed by atoms with Crippen molar-refractivity contribution in [1.82, 2.24) is 0 Å². The van der Waals surface area contributed by atoms with Crippen LogP contribution in [0.2, 0.25) is 0 Å². The Hall–Kier alpha value is -1.37. The van der Waals surface area contributed by atoms with E-state index in [1.54, 1.807) is 0 Å². The zero-order valence-electron chi connectivity index (χ0n) is 14.0. The molecule has 116 valence electrons. The molecule has 1 rings (SSSR count). The van der Waals surface area contributed by atoms with Gasteiger partial charge in [0.2, 0.25) is 0 Å². The van der Waals surface area contributed by atoms with Gasteiger partial charge in [0, 0.05) is 0 Å². The molecule has 0 spiro atoms. The normalized spacial score (nSPS) is 22.4. The van der Waals surface area contributed by atoms with Crippen LogP contribution in [0.1, 0.15) is 65.7 Å². The van der Waals surface area contributed by atoms with Gasteiger partial charge >= 0.3 is 0 Å². The summed E-state index contributed by atoms with van der Waals surface area (Å²) < 4.78 is 0. The van der Waals surface area contributed by atoms with Crippen LogP contribution in [0.5, 0.6) is 0 Å². The molecule has 1 aliphatic carbocycles. The SMILES string of the molecule is C=C(C=O)C1CC=C(C)CCC=C(C)CCC=C(C)CC1. The summed E-state index contributed by atoms with van der Waals surface area (Å²) >= 11 is 0. The van der Waals surface area contributed by atoms with Gasteiger partial charge < -0.3 is 0 Å². The van der Waals surface area contributed by atoms with Crippen molar-refractivity contribution in [3.8, 4) is 0 Å². The van der Waals surface area contributed by atoms with Crippen LogP contribution in [0.25, 0.3) is 0 Å². The van der Waals surface area contributed by atoms with Gasteiger partial charge in [-0.15, -0.1) is 0 Å². The molecular weight excluding hydrogens is 256 g/mol. The first-order valence-electron chi connectivity index (χ1n) is 8.13. The third-order valence-corrected chi connectivity index (χ3v) is 4.38. The Bertz CT molecular complexity index is 448. The highest BCUT2D eigenvalue weighted by Crippen LogP contribution is 2.24. The lowest BCUT2D eigenvalue weighted by Gasteiger charge is -2.15.